The maximum atomic E-state index is 12.7. The highest BCUT2D eigenvalue weighted by atomic mass is 16.1. The molecule has 0 bridgehead atoms. The van der Waals surface area contributed by atoms with Gasteiger partial charge in [-0.1, -0.05) is 48.5 Å². The van der Waals surface area contributed by atoms with Crippen LogP contribution < -0.4 is 5.56 Å². The molecule has 0 spiro atoms. The Balaban J connectivity index is 1.60. The normalized spacial score (nSPS) is 14.6. The summed E-state index contributed by atoms with van der Waals surface area (Å²) in [5.41, 5.74) is 4.22. The third kappa shape index (κ3) is 2.73. The zero-order chi connectivity index (χ0) is 15.6. The van der Waals surface area contributed by atoms with Gasteiger partial charge in [0.15, 0.2) is 0 Å². The lowest BCUT2D eigenvalue weighted by Gasteiger charge is -2.25. The minimum Gasteiger partial charge on any atom is -0.295 e. The third-order valence-electron chi connectivity index (χ3n) is 4.40. The molecule has 116 valence electrons. The highest BCUT2D eigenvalue weighted by molar-refractivity contribution is 5.33. The van der Waals surface area contributed by atoms with Crippen LogP contribution in [-0.2, 0) is 19.5 Å². The molecule has 3 aromatic rings. The summed E-state index contributed by atoms with van der Waals surface area (Å²) < 4.78 is 1.66. The van der Waals surface area contributed by atoms with Crippen molar-refractivity contribution >= 4 is 0 Å². The van der Waals surface area contributed by atoms with E-state index in [-0.39, 0.29) is 5.56 Å². The van der Waals surface area contributed by atoms with Crippen molar-refractivity contribution in [3.63, 3.8) is 0 Å². The standard InChI is InChI=1S/C19H19N3O/c23-19-17-14-21(13-15-7-3-1-4-8-15)12-11-18(17)20-22(19)16-9-5-2-6-10-16/h1-10,20H,11-14H2. The van der Waals surface area contributed by atoms with E-state index in [2.05, 4.69) is 34.3 Å². The molecule has 2 aromatic carbocycles. The van der Waals surface area contributed by atoms with Crippen molar-refractivity contribution in [3.8, 4) is 5.69 Å². The van der Waals surface area contributed by atoms with Crippen molar-refractivity contribution in [3.05, 3.63) is 87.8 Å². The van der Waals surface area contributed by atoms with Crippen molar-refractivity contribution in [2.75, 3.05) is 6.54 Å². The fourth-order valence-electron chi connectivity index (χ4n) is 3.20. The van der Waals surface area contributed by atoms with Gasteiger partial charge in [-0.25, -0.2) is 4.68 Å². The van der Waals surface area contributed by atoms with Crippen LogP contribution in [0.3, 0.4) is 0 Å². The van der Waals surface area contributed by atoms with Gasteiger partial charge in [-0.05, 0) is 17.7 Å². The number of fused-ring (bicyclic) bond motifs is 1. The molecule has 23 heavy (non-hydrogen) atoms. The second kappa shape index (κ2) is 5.89. The molecular formula is C19H19N3O. The number of aromatic nitrogens is 2. The van der Waals surface area contributed by atoms with Crippen molar-refractivity contribution in [1.82, 2.24) is 14.7 Å². The first-order valence-electron chi connectivity index (χ1n) is 7.96. The van der Waals surface area contributed by atoms with E-state index < -0.39 is 0 Å². The van der Waals surface area contributed by atoms with Crippen LogP contribution in [0.4, 0.5) is 0 Å². The van der Waals surface area contributed by atoms with E-state index in [0.717, 1.165) is 36.5 Å². The second-order valence-electron chi connectivity index (χ2n) is 5.99. The van der Waals surface area contributed by atoms with E-state index in [4.69, 9.17) is 0 Å². The first kappa shape index (κ1) is 14.0. The average Bonchev–Trinajstić information content (AvgIpc) is 2.93. The number of aromatic amines is 1. The molecule has 4 nitrogen and oxygen atoms in total. The van der Waals surface area contributed by atoms with Gasteiger partial charge < -0.3 is 0 Å². The number of para-hydroxylation sites is 1. The first-order chi connectivity index (χ1) is 11.3. The molecule has 1 N–H and O–H groups in total. The summed E-state index contributed by atoms with van der Waals surface area (Å²) in [6, 6.07) is 20.2. The smallest absolute Gasteiger partial charge is 0.275 e. The van der Waals surface area contributed by atoms with Crippen molar-refractivity contribution in [2.45, 2.75) is 19.5 Å². The molecule has 0 amide bonds. The van der Waals surface area contributed by atoms with Crippen LogP contribution in [0.1, 0.15) is 16.8 Å². The third-order valence-corrected chi connectivity index (χ3v) is 4.40. The van der Waals surface area contributed by atoms with Crippen LogP contribution in [0.15, 0.2) is 65.5 Å². The molecule has 0 saturated heterocycles. The van der Waals surface area contributed by atoms with Gasteiger partial charge in [0.05, 0.1) is 11.3 Å². The Bertz CT molecular complexity index is 849. The van der Waals surface area contributed by atoms with Crippen molar-refractivity contribution in [2.24, 2.45) is 0 Å². The van der Waals surface area contributed by atoms with Gasteiger partial charge in [-0.2, -0.15) is 0 Å². The summed E-state index contributed by atoms with van der Waals surface area (Å²) in [5, 5.41) is 3.28. The monoisotopic (exact) mass is 305 g/mol. The molecule has 0 aliphatic carbocycles. The molecule has 4 rings (SSSR count). The molecule has 2 heterocycles. The van der Waals surface area contributed by atoms with Gasteiger partial charge >= 0.3 is 0 Å². The molecule has 0 unspecified atom stereocenters. The molecule has 1 aromatic heterocycles. The first-order valence-corrected chi connectivity index (χ1v) is 7.96. The summed E-state index contributed by atoms with van der Waals surface area (Å²) in [6.45, 7) is 2.56. The van der Waals surface area contributed by atoms with Gasteiger partial charge in [0.2, 0.25) is 0 Å². The Morgan fingerprint density at radius 3 is 2.39 bits per heavy atom. The lowest BCUT2D eigenvalue weighted by molar-refractivity contribution is 0.244. The summed E-state index contributed by atoms with van der Waals surface area (Å²) in [5.74, 6) is 0. The van der Waals surface area contributed by atoms with Gasteiger partial charge in [-0.3, -0.25) is 14.8 Å². The predicted octanol–water partition coefficient (Wildman–Crippen LogP) is 2.72. The number of benzene rings is 2. The Kier molecular flexibility index (Phi) is 3.60. The number of hydrogen-bond donors (Lipinski definition) is 1. The quantitative estimate of drug-likeness (QED) is 0.808. The Hall–Kier alpha value is -2.59. The molecule has 0 fully saturated rings. The van der Waals surface area contributed by atoms with E-state index in [1.165, 1.54) is 5.56 Å². The molecule has 0 atom stereocenters. The molecule has 4 heteroatoms. The SMILES string of the molecule is O=c1c2c([nH]n1-c1ccccc1)CCN(Cc1ccccc1)C2. The zero-order valence-corrected chi connectivity index (χ0v) is 12.9. The lowest BCUT2D eigenvalue weighted by atomic mass is 10.1. The highest BCUT2D eigenvalue weighted by Crippen LogP contribution is 2.18. The molecule has 1 aliphatic rings. The van der Waals surface area contributed by atoms with Crippen LogP contribution in [0.2, 0.25) is 0 Å². The van der Waals surface area contributed by atoms with Crippen molar-refractivity contribution in [1.29, 1.82) is 0 Å². The molecule has 0 radical (unpaired) electrons. The van der Waals surface area contributed by atoms with E-state index in [1.807, 2.05) is 36.4 Å². The second-order valence-corrected chi connectivity index (χ2v) is 5.99. The van der Waals surface area contributed by atoms with Gasteiger partial charge in [-0.15, -0.1) is 0 Å². The maximum Gasteiger partial charge on any atom is 0.275 e. The topological polar surface area (TPSA) is 41.0 Å². The summed E-state index contributed by atoms with van der Waals surface area (Å²) >= 11 is 0. The zero-order valence-electron chi connectivity index (χ0n) is 12.9. The van der Waals surface area contributed by atoms with Crippen LogP contribution in [-0.4, -0.2) is 21.2 Å². The number of hydrogen-bond acceptors (Lipinski definition) is 2. The number of nitrogens with zero attached hydrogens (tertiary/aromatic N) is 2. The van der Waals surface area contributed by atoms with E-state index in [9.17, 15) is 4.79 Å². The fraction of sp³-hybridized carbons (Fsp3) is 0.211. The maximum absolute atomic E-state index is 12.7. The van der Waals surface area contributed by atoms with Crippen LogP contribution in [0.25, 0.3) is 5.69 Å². The van der Waals surface area contributed by atoms with Gasteiger partial charge in [0, 0.05) is 31.7 Å². The van der Waals surface area contributed by atoms with E-state index >= 15 is 0 Å². The highest BCUT2D eigenvalue weighted by Gasteiger charge is 2.23. The Morgan fingerprint density at radius 2 is 1.65 bits per heavy atom. The molecule has 0 saturated carbocycles. The lowest BCUT2D eigenvalue weighted by Crippen LogP contribution is -2.32. The largest absolute Gasteiger partial charge is 0.295 e. The summed E-state index contributed by atoms with van der Waals surface area (Å²) in [6.07, 6.45) is 0.886. The minimum atomic E-state index is 0.0731. The minimum absolute atomic E-state index is 0.0731. The fourth-order valence-corrected chi connectivity index (χ4v) is 3.20. The molecule has 1 aliphatic heterocycles. The average molecular weight is 305 g/mol. The number of rotatable bonds is 3. The van der Waals surface area contributed by atoms with E-state index in [0.29, 0.717) is 6.54 Å². The van der Waals surface area contributed by atoms with E-state index in [1.54, 1.807) is 4.68 Å². The van der Waals surface area contributed by atoms with Crippen molar-refractivity contribution < 1.29 is 0 Å². The Labute approximate surface area is 135 Å². The van der Waals surface area contributed by atoms with Crippen LogP contribution in [0, 0.1) is 0 Å². The van der Waals surface area contributed by atoms with Gasteiger partial charge in [0.25, 0.3) is 5.56 Å². The molecular weight excluding hydrogens is 286 g/mol. The van der Waals surface area contributed by atoms with Crippen LogP contribution in [0.5, 0.6) is 0 Å². The van der Waals surface area contributed by atoms with Gasteiger partial charge in [0.1, 0.15) is 0 Å². The summed E-state index contributed by atoms with van der Waals surface area (Å²) in [7, 11) is 0. The predicted molar refractivity (Wildman–Crippen MR) is 90.6 cm³/mol. The number of nitrogens with one attached hydrogen (secondary N) is 1. The number of H-pyrrole nitrogens is 1. The van der Waals surface area contributed by atoms with Crippen LogP contribution >= 0.6 is 0 Å². The summed E-state index contributed by atoms with van der Waals surface area (Å²) in [4.78, 5) is 15.1. The Morgan fingerprint density at radius 1 is 0.957 bits per heavy atom.